The van der Waals surface area contributed by atoms with Crippen molar-refractivity contribution in [1.82, 2.24) is 10.3 Å². The van der Waals surface area contributed by atoms with Crippen LogP contribution in [0, 0.1) is 0 Å². The van der Waals surface area contributed by atoms with Crippen molar-refractivity contribution in [2.24, 2.45) is 0 Å². The molecular formula is C24H32ClFN4O. The minimum absolute atomic E-state index is 0.357. The van der Waals surface area contributed by atoms with Gasteiger partial charge >= 0.3 is 0 Å². The van der Waals surface area contributed by atoms with Gasteiger partial charge in [-0.1, -0.05) is 23.7 Å². The Balaban J connectivity index is 1.36. The Morgan fingerprint density at radius 1 is 1.16 bits per heavy atom. The third-order valence-electron chi connectivity index (χ3n) is 6.25. The second-order valence-electron chi connectivity index (χ2n) is 8.77. The van der Waals surface area contributed by atoms with Crippen LogP contribution in [0.4, 0.5) is 15.9 Å². The van der Waals surface area contributed by atoms with E-state index in [0.717, 1.165) is 61.5 Å². The molecule has 1 heterocycles. The number of nitrogens with zero attached hydrogens (tertiary/aromatic N) is 1. The predicted molar refractivity (Wildman–Crippen MR) is 126 cm³/mol. The van der Waals surface area contributed by atoms with Crippen molar-refractivity contribution >= 4 is 23.1 Å². The Hall–Kier alpha value is -1.89. The molecule has 168 valence electrons. The van der Waals surface area contributed by atoms with E-state index in [4.69, 9.17) is 16.3 Å². The molecule has 0 amide bonds. The molecular weight excluding hydrogens is 415 g/mol. The van der Waals surface area contributed by atoms with Gasteiger partial charge in [0, 0.05) is 49.7 Å². The van der Waals surface area contributed by atoms with E-state index in [0.29, 0.717) is 36.5 Å². The number of anilines is 2. The first-order valence-corrected chi connectivity index (χ1v) is 11.6. The number of nitrogens with one attached hydrogen (secondary N) is 3. The van der Waals surface area contributed by atoms with Crippen molar-refractivity contribution in [2.45, 2.75) is 56.3 Å². The topological polar surface area (TPSA) is 58.2 Å². The molecule has 2 aliphatic rings. The maximum Gasteiger partial charge on any atom is 0.128 e. The summed E-state index contributed by atoms with van der Waals surface area (Å²) in [5, 5.41) is 11.0. The maximum atomic E-state index is 13.9. The summed E-state index contributed by atoms with van der Waals surface area (Å²) in [4.78, 5) is 4.50. The monoisotopic (exact) mass is 446 g/mol. The number of benzene rings is 1. The summed E-state index contributed by atoms with van der Waals surface area (Å²) in [5.41, 5.74) is 1.80. The molecule has 0 bridgehead atoms. The highest BCUT2D eigenvalue weighted by Crippen LogP contribution is 2.40. The number of alkyl halides is 1. The largest absolute Gasteiger partial charge is 0.383 e. The third-order valence-corrected chi connectivity index (χ3v) is 6.55. The number of hydrogen-bond donors (Lipinski definition) is 3. The molecule has 2 fully saturated rings. The summed E-state index contributed by atoms with van der Waals surface area (Å²) >= 11 is 6.48. The lowest BCUT2D eigenvalue weighted by Gasteiger charge is -2.30. The van der Waals surface area contributed by atoms with E-state index in [1.165, 1.54) is 0 Å². The van der Waals surface area contributed by atoms with Crippen molar-refractivity contribution in [2.75, 3.05) is 37.4 Å². The standard InChI is InChI=1S/C24H32ClFN4O/c1-31-12-11-27-18-5-7-19(8-6-18)30-23-14-21(22(25)15-28-23)17-3-2-4-20(13-17)29-16-24(26)9-10-24/h2-4,13-15,18-19,27,29H,5-12,16H2,1H3,(H,28,30)/t18-,19-. The summed E-state index contributed by atoms with van der Waals surface area (Å²) in [5.74, 6) is 0.842. The molecule has 1 aromatic carbocycles. The van der Waals surface area contributed by atoms with Gasteiger partial charge in [-0.3, -0.25) is 0 Å². The molecule has 4 rings (SSSR count). The zero-order valence-electron chi connectivity index (χ0n) is 18.1. The molecule has 0 atom stereocenters. The van der Waals surface area contributed by atoms with Crippen LogP contribution in [0.1, 0.15) is 38.5 Å². The summed E-state index contributed by atoms with van der Waals surface area (Å²) in [7, 11) is 1.73. The van der Waals surface area contributed by atoms with E-state index < -0.39 is 5.67 Å². The van der Waals surface area contributed by atoms with Gasteiger partial charge in [-0.15, -0.1) is 0 Å². The number of halogens is 2. The lowest BCUT2D eigenvalue weighted by atomic mass is 9.91. The number of pyridine rings is 1. The van der Waals surface area contributed by atoms with E-state index in [-0.39, 0.29) is 0 Å². The lowest BCUT2D eigenvalue weighted by molar-refractivity contribution is 0.191. The normalized spacial score (nSPS) is 22.2. The minimum atomic E-state index is -1.03. The van der Waals surface area contributed by atoms with Gasteiger partial charge in [-0.2, -0.15) is 0 Å². The fraction of sp³-hybridized carbons (Fsp3) is 0.542. The Morgan fingerprint density at radius 3 is 2.68 bits per heavy atom. The summed E-state index contributed by atoms with van der Waals surface area (Å²) in [6.45, 7) is 2.01. The Labute approximate surface area is 189 Å². The molecule has 0 radical (unpaired) electrons. The van der Waals surface area contributed by atoms with E-state index in [1.54, 1.807) is 13.3 Å². The smallest absolute Gasteiger partial charge is 0.128 e. The molecule has 2 aliphatic carbocycles. The van der Waals surface area contributed by atoms with Crippen LogP contribution < -0.4 is 16.0 Å². The van der Waals surface area contributed by atoms with Gasteiger partial charge in [0.15, 0.2) is 0 Å². The molecule has 3 N–H and O–H groups in total. The summed E-state index contributed by atoms with van der Waals surface area (Å²) < 4.78 is 19.1. The molecule has 0 saturated heterocycles. The number of hydrogen-bond acceptors (Lipinski definition) is 5. The SMILES string of the molecule is COCCN[C@H]1CC[C@H](Nc2cc(-c3cccc(NCC4(F)CC4)c3)c(Cl)cn2)CC1. The van der Waals surface area contributed by atoms with Gasteiger partial charge in [0.25, 0.3) is 0 Å². The van der Waals surface area contributed by atoms with E-state index >= 15 is 0 Å². The van der Waals surface area contributed by atoms with Crippen molar-refractivity contribution in [3.8, 4) is 11.1 Å². The molecule has 2 aromatic rings. The van der Waals surface area contributed by atoms with Gasteiger partial charge in [0.1, 0.15) is 11.5 Å². The summed E-state index contributed by atoms with van der Waals surface area (Å²) in [6, 6.07) is 11.0. The lowest BCUT2D eigenvalue weighted by Crippen LogP contribution is -2.38. The number of ether oxygens (including phenoxy) is 1. The predicted octanol–water partition coefficient (Wildman–Crippen LogP) is 5.28. The Morgan fingerprint density at radius 2 is 1.94 bits per heavy atom. The molecule has 31 heavy (non-hydrogen) atoms. The molecule has 5 nitrogen and oxygen atoms in total. The quantitative estimate of drug-likeness (QED) is 0.434. The molecule has 1 aromatic heterocycles. The van der Waals surface area contributed by atoms with Crippen LogP contribution in [-0.2, 0) is 4.74 Å². The highest BCUT2D eigenvalue weighted by atomic mass is 35.5. The molecule has 7 heteroatoms. The third kappa shape index (κ3) is 6.31. The molecule has 0 unspecified atom stereocenters. The number of methoxy groups -OCH3 is 1. The van der Waals surface area contributed by atoms with E-state index in [2.05, 4.69) is 20.9 Å². The average Bonchev–Trinajstić information content (AvgIpc) is 3.53. The van der Waals surface area contributed by atoms with Crippen LogP contribution in [0.25, 0.3) is 11.1 Å². The zero-order valence-corrected chi connectivity index (χ0v) is 18.9. The van der Waals surface area contributed by atoms with Crippen molar-refractivity contribution in [3.05, 3.63) is 41.6 Å². The van der Waals surface area contributed by atoms with E-state index in [9.17, 15) is 4.39 Å². The highest BCUT2D eigenvalue weighted by molar-refractivity contribution is 6.33. The minimum Gasteiger partial charge on any atom is -0.383 e. The summed E-state index contributed by atoms with van der Waals surface area (Å²) in [6.07, 6.45) is 7.50. The Bertz CT molecular complexity index is 868. The van der Waals surface area contributed by atoms with Gasteiger partial charge < -0.3 is 20.7 Å². The first kappa shape index (κ1) is 22.3. The van der Waals surface area contributed by atoms with Crippen LogP contribution in [0.5, 0.6) is 0 Å². The van der Waals surface area contributed by atoms with Crippen LogP contribution in [0.3, 0.4) is 0 Å². The first-order chi connectivity index (χ1) is 15.0. The molecule has 0 spiro atoms. The van der Waals surface area contributed by atoms with Gasteiger partial charge in [0.2, 0.25) is 0 Å². The molecule has 2 saturated carbocycles. The zero-order chi connectivity index (χ0) is 21.7. The first-order valence-electron chi connectivity index (χ1n) is 11.2. The average molecular weight is 447 g/mol. The molecule has 0 aliphatic heterocycles. The second-order valence-corrected chi connectivity index (χ2v) is 9.18. The van der Waals surface area contributed by atoms with Gasteiger partial charge in [-0.05, 0) is 62.3 Å². The van der Waals surface area contributed by atoms with Crippen molar-refractivity contribution in [3.63, 3.8) is 0 Å². The maximum absolute atomic E-state index is 13.9. The van der Waals surface area contributed by atoms with Crippen molar-refractivity contribution < 1.29 is 9.13 Å². The number of rotatable bonds is 10. The Kier molecular flexibility index (Phi) is 7.31. The number of aromatic nitrogens is 1. The van der Waals surface area contributed by atoms with Crippen LogP contribution >= 0.6 is 11.6 Å². The van der Waals surface area contributed by atoms with Crippen LogP contribution in [0.15, 0.2) is 36.5 Å². The highest BCUT2D eigenvalue weighted by Gasteiger charge is 2.42. The fourth-order valence-electron chi connectivity index (χ4n) is 4.12. The van der Waals surface area contributed by atoms with Gasteiger partial charge in [0.05, 0.1) is 11.6 Å². The van der Waals surface area contributed by atoms with Crippen molar-refractivity contribution in [1.29, 1.82) is 0 Å². The van der Waals surface area contributed by atoms with E-state index in [1.807, 2.05) is 30.3 Å². The van der Waals surface area contributed by atoms with Gasteiger partial charge in [-0.25, -0.2) is 9.37 Å². The van der Waals surface area contributed by atoms with Crippen LogP contribution in [-0.4, -0.2) is 49.5 Å². The second kappa shape index (κ2) is 10.2. The fourth-order valence-corrected chi connectivity index (χ4v) is 4.34. The van der Waals surface area contributed by atoms with Crippen LogP contribution in [0.2, 0.25) is 5.02 Å².